The number of rotatable bonds is 10. The Kier molecular flexibility index (Phi) is 8.36. The van der Waals surface area contributed by atoms with Crippen LogP contribution in [0.3, 0.4) is 0 Å². The van der Waals surface area contributed by atoms with Gasteiger partial charge in [-0.25, -0.2) is 9.37 Å². The number of benzene rings is 2. The summed E-state index contributed by atoms with van der Waals surface area (Å²) >= 11 is 7.48. The Morgan fingerprint density at radius 2 is 1.68 bits per heavy atom. The zero-order valence-electron chi connectivity index (χ0n) is 18.5. The molecule has 0 aliphatic carbocycles. The topological polar surface area (TPSA) is 58.1 Å². The van der Waals surface area contributed by atoms with Gasteiger partial charge in [0.15, 0.2) is 0 Å². The Labute approximate surface area is 207 Å². The molecule has 1 amide bonds. The maximum absolute atomic E-state index is 13.3. The van der Waals surface area contributed by atoms with E-state index in [9.17, 15) is 9.18 Å². The molecular weight excluding hydrogens is 471 g/mol. The minimum Gasteiger partial charge on any atom is -0.350 e. The molecule has 0 radical (unpaired) electrons. The molecule has 2 aromatic carbocycles. The molecule has 0 bridgehead atoms. The predicted molar refractivity (Wildman–Crippen MR) is 133 cm³/mol. The lowest BCUT2D eigenvalue weighted by atomic mass is 10.1. The number of nitrogens with one attached hydrogen (secondary N) is 1. The number of aromatic nitrogens is 2. The van der Waals surface area contributed by atoms with Gasteiger partial charge in [0.25, 0.3) is 5.91 Å². The normalized spacial score (nSPS) is 11.0. The lowest BCUT2D eigenvalue weighted by molar-refractivity contribution is 0.0949. The third-order valence-corrected chi connectivity index (χ3v) is 6.26. The molecule has 2 aromatic heterocycles. The zero-order valence-corrected chi connectivity index (χ0v) is 20.0. The summed E-state index contributed by atoms with van der Waals surface area (Å²) < 4.78 is 13.3. The Balaban J connectivity index is 1.39. The van der Waals surface area contributed by atoms with Crippen molar-refractivity contribution in [2.24, 2.45) is 0 Å². The first kappa shape index (κ1) is 24.0. The molecule has 0 spiro atoms. The summed E-state index contributed by atoms with van der Waals surface area (Å²) in [6.07, 6.45) is 2.40. The second-order valence-corrected chi connectivity index (χ2v) is 9.23. The van der Waals surface area contributed by atoms with Gasteiger partial charge in [0.05, 0.1) is 6.54 Å². The zero-order chi connectivity index (χ0) is 23.8. The average molecular weight is 495 g/mol. The second kappa shape index (κ2) is 11.8. The van der Waals surface area contributed by atoms with Crippen molar-refractivity contribution in [1.29, 1.82) is 0 Å². The minimum absolute atomic E-state index is 0.193. The van der Waals surface area contributed by atoms with Crippen molar-refractivity contribution in [3.05, 3.63) is 117 Å². The second-order valence-electron chi connectivity index (χ2n) is 7.85. The van der Waals surface area contributed by atoms with Crippen molar-refractivity contribution in [3.8, 4) is 0 Å². The number of hydrogen-bond donors (Lipinski definition) is 1. The highest BCUT2D eigenvalue weighted by atomic mass is 35.5. The molecule has 0 aliphatic heterocycles. The van der Waals surface area contributed by atoms with Crippen molar-refractivity contribution >= 4 is 28.8 Å². The van der Waals surface area contributed by atoms with Gasteiger partial charge in [-0.3, -0.25) is 14.7 Å². The van der Waals surface area contributed by atoms with Crippen molar-refractivity contribution < 1.29 is 9.18 Å². The van der Waals surface area contributed by atoms with Crippen LogP contribution in [-0.2, 0) is 26.1 Å². The first-order valence-electron chi connectivity index (χ1n) is 10.9. The minimum atomic E-state index is -0.258. The van der Waals surface area contributed by atoms with E-state index in [0.29, 0.717) is 43.3 Å². The van der Waals surface area contributed by atoms with E-state index in [-0.39, 0.29) is 11.7 Å². The highest BCUT2D eigenvalue weighted by molar-refractivity contribution is 7.09. The van der Waals surface area contributed by atoms with Crippen molar-refractivity contribution in [2.75, 3.05) is 6.54 Å². The van der Waals surface area contributed by atoms with Gasteiger partial charge in [-0.2, -0.15) is 0 Å². The third kappa shape index (κ3) is 7.18. The smallest absolute Gasteiger partial charge is 0.270 e. The van der Waals surface area contributed by atoms with Crippen LogP contribution in [0.4, 0.5) is 4.39 Å². The highest BCUT2D eigenvalue weighted by Gasteiger charge is 2.15. The molecule has 174 valence electrons. The Hall–Kier alpha value is -3.13. The molecule has 0 aliphatic rings. The summed E-state index contributed by atoms with van der Waals surface area (Å²) in [5.74, 6) is -0.451. The summed E-state index contributed by atoms with van der Waals surface area (Å²) in [6.45, 7) is 2.34. The van der Waals surface area contributed by atoms with Gasteiger partial charge in [0, 0.05) is 48.3 Å². The van der Waals surface area contributed by atoms with Crippen molar-refractivity contribution in [3.63, 3.8) is 0 Å². The highest BCUT2D eigenvalue weighted by Crippen LogP contribution is 2.19. The summed E-state index contributed by atoms with van der Waals surface area (Å²) in [6, 6.07) is 19.9. The van der Waals surface area contributed by atoms with Gasteiger partial charge in [0.1, 0.15) is 16.5 Å². The fourth-order valence-electron chi connectivity index (χ4n) is 3.48. The molecule has 8 heteroatoms. The van der Waals surface area contributed by atoms with Gasteiger partial charge in [-0.1, -0.05) is 41.9 Å². The molecule has 0 unspecified atom stereocenters. The van der Waals surface area contributed by atoms with Crippen molar-refractivity contribution in [1.82, 2.24) is 20.2 Å². The van der Waals surface area contributed by atoms with Crippen LogP contribution < -0.4 is 5.32 Å². The number of carbonyl (C=O) groups is 1. The molecule has 0 saturated carbocycles. The Morgan fingerprint density at radius 1 is 0.971 bits per heavy atom. The number of pyridine rings is 1. The predicted octanol–water partition coefficient (Wildman–Crippen LogP) is 5.51. The summed E-state index contributed by atoms with van der Waals surface area (Å²) in [4.78, 5) is 23.6. The van der Waals surface area contributed by atoms with Crippen LogP contribution in [0, 0.1) is 5.82 Å². The van der Waals surface area contributed by atoms with Crippen LogP contribution in [0.15, 0.2) is 78.3 Å². The van der Waals surface area contributed by atoms with Crippen LogP contribution in [0.5, 0.6) is 0 Å². The van der Waals surface area contributed by atoms with E-state index in [2.05, 4.69) is 20.2 Å². The van der Waals surface area contributed by atoms with E-state index in [4.69, 9.17) is 11.6 Å². The van der Waals surface area contributed by atoms with Gasteiger partial charge in [-0.05, 0) is 47.5 Å². The number of halogens is 2. The molecule has 0 saturated heterocycles. The Bertz CT molecular complexity index is 1150. The van der Waals surface area contributed by atoms with Gasteiger partial charge in [-0.15, -0.1) is 11.3 Å². The quantitative estimate of drug-likeness (QED) is 0.316. The fraction of sp³-hybridized carbons (Fsp3) is 0.192. The number of carbonyl (C=O) groups excluding carboxylic acids is 1. The van der Waals surface area contributed by atoms with Gasteiger partial charge < -0.3 is 5.32 Å². The van der Waals surface area contributed by atoms with E-state index in [1.165, 1.54) is 23.5 Å². The standard InChI is InChI=1S/C26H24ClFN4OS/c27-21-8-4-19(5-9-21)15-32(16-20-6-10-22(28)11-7-20)17-25-31-24(18-34-25)26(33)30-14-12-23-3-1-2-13-29-23/h1-11,13,18H,12,14-17H2,(H,30,33). The fourth-order valence-corrected chi connectivity index (χ4v) is 4.43. The average Bonchev–Trinajstić information content (AvgIpc) is 3.31. The number of thiazole rings is 1. The largest absolute Gasteiger partial charge is 0.350 e. The molecule has 5 nitrogen and oxygen atoms in total. The summed E-state index contributed by atoms with van der Waals surface area (Å²) in [5, 5.41) is 6.22. The summed E-state index contributed by atoms with van der Waals surface area (Å²) in [5.41, 5.74) is 3.45. The van der Waals surface area contributed by atoms with Gasteiger partial charge >= 0.3 is 0 Å². The van der Waals surface area contributed by atoms with Crippen LogP contribution in [0.2, 0.25) is 5.02 Å². The molecule has 0 atom stereocenters. The van der Waals surface area contributed by atoms with Crippen LogP contribution in [0.1, 0.15) is 32.3 Å². The Morgan fingerprint density at radius 3 is 2.35 bits per heavy atom. The molecule has 2 heterocycles. The van der Waals surface area contributed by atoms with E-state index in [1.807, 2.05) is 42.5 Å². The maximum Gasteiger partial charge on any atom is 0.270 e. The van der Waals surface area contributed by atoms with E-state index in [1.54, 1.807) is 23.7 Å². The molecule has 4 aromatic rings. The van der Waals surface area contributed by atoms with Crippen LogP contribution in [0.25, 0.3) is 0 Å². The lowest BCUT2D eigenvalue weighted by Crippen LogP contribution is -2.26. The number of amides is 1. The molecule has 0 fully saturated rings. The molecule has 1 N–H and O–H groups in total. The first-order chi connectivity index (χ1) is 16.5. The molecule has 34 heavy (non-hydrogen) atoms. The number of nitrogens with zero attached hydrogens (tertiary/aromatic N) is 3. The van der Waals surface area contributed by atoms with Crippen LogP contribution >= 0.6 is 22.9 Å². The molecule has 4 rings (SSSR count). The van der Waals surface area contributed by atoms with Crippen LogP contribution in [-0.4, -0.2) is 27.3 Å². The molecular formula is C26H24ClFN4OS. The van der Waals surface area contributed by atoms with E-state index >= 15 is 0 Å². The number of hydrogen-bond acceptors (Lipinski definition) is 5. The third-order valence-electron chi connectivity index (χ3n) is 5.17. The maximum atomic E-state index is 13.3. The van der Waals surface area contributed by atoms with Gasteiger partial charge in [0.2, 0.25) is 0 Å². The monoisotopic (exact) mass is 494 g/mol. The van der Waals surface area contributed by atoms with E-state index in [0.717, 1.165) is 21.8 Å². The first-order valence-corrected chi connectivity index (χ1v) is 12.1. The van der Waals surface area contributed by atoms with Crippen molar-refractivity contribution in [2.45, 2.75) is 26.1 Å². The SMILES string of the molecule is O=C(NCCc1ccccn1)c1csc(CN(Cc2ccc(F)cc2)Cc2ccc(Cl)cc2)n1. The van der Waals surface area contributed by atoms with E-state index < -0.39 is 0 Å². The lowest BCUT2D eigenvalue weighted by Gasteiger charge is -2.21. The summed E-state index contributed by atoms with van der Waals surface area (Å²) in [7, 11) is 0.